The molecule has 144 valence electrons. The first-order valence-corrected chi connectivity index (χ1v) is 10.3. The predicted octanol–water partition coefficient (Wildman–Crippen LogP) is 6.37. The van der Waals surface area contributed by atoms with Crippen LogP contribution in [0.1, 0.15) is 84.6 Å². The van der Waals surface area contributed by atoms with Crippen LogP contribution in [0, 0.1) is 11.8 Å². The summed E-state index contributed by atoms with van der Waals surface area (Å²) in [5.41, 5.74) is 0.714. The van der Waals surface area contributed by atoms with Crippen molar-refractivity contribution < 1.29 is 9.84 Å². The van der Waals surface area contributed by atoms with E-state index in [1.807, 2.05) is 18.2 Å². The van der Waals surface area contributed by atoms with E-state index in [9.17, 15) is 5.11 Å². The second-order valence-electron chi connectivity index (χ2n) is 8.44. The van der Waals surface area contributed by atoms with E-state index in [0.29, 0.717) is 18.4 Å². The first-order chi connectivity index (χ1) is 11.9. The van der Waals surface area contributed by atoms with E-state index >= 15 is 0 Å². The molecule has 0 radical (unpaired) electrons. The van der Waals surface area contributed by atoms with Gasteiger partial charge in [0.25, 0.3) is 0 Å². The van der Waals surface area contributed by atoms with Crippen LogP contribution in [0.2, 0.25) is 0 Å². The van der Waals surface area contributed by atoms with Crippen LogP contribution in [-0.2, 0) is 11.3 Å². The fourth-order valence-corrected chi connectivity index (χ4v) is 3.32. The number of benzene rings is 1. The van der Waals surface area contributed by atoms with Gasteiger partial charge in [0.2, 0.25) is 0 Å². The van der Waals surface area contributed by atoms with E-state index < -0.39 is 5.60 Å². The van der Waals surface area contributed by atoms with Crippen molar-refractivity contribution in [1.29, 1.82) is 0 Å². The SMILES string of the molecule is CC(C)CCCC(O)(CCCOCc1ccccc1)CCCC(C)C. The Hall–Kier alpha value is -0.860. The Morgan fingerprint density at radius 2 is 1.36 bits per heavy atom. The number of aliphatic hydroxyl groups is 1. The van der Waals surface area contributed by atoms with Gasteiger partial charge in [0.1, 0.15) is 0 Å². The lowest BCUT2D eigenvalue weighted by molar-refractivity contribution is -0.00237. The maximum absolute atomic E-state index is 11.1. The summed E-state index contributed by atoms with van der Waals surface area (Å²) in [4.78, 5) is 0. The van der Waals surface area contributed by atoms with Crippen LogP contribution < -0.4 is 0 Å². The molecule has 0 atom stereocenters. The average Bonchev–Trinajstić information content (AvgIpc) is 2.55. The van der Waals surface area contributed by atoms with Crippen molar-refractivity contribution in [2.45, 2.75) is 91.3 Å². The highest BCUT2D eigenvalue weighted by Gasteiger charge is 2.25. The predicted molar refractivity (Wildman–Crippen MR) is 108 cm³/mol. The molecule has 0 unspecified atom stereocenters. The van der Waals surface area contributed by atoms with Crippen LogP contribution >= 0.6 is 0 Å². The summed E-state index contributed by atoms with van der Waals surface area (Å²) in [5.74, 6) is 1.43. The molecule has 1 aromatic rings. The molecule has 2 heteroatoms. The summed E-state index contributed by atoms with van der Waals surface area (Å²) in [7, 11) is 0. The molecule has 0 heterocycles. The minimum atomic E-state index is -0.500. The quantitative estimate of drug-likeness (QED) is 0.396. The van der Waals surface area contributed by atoms with Gasteiger partial charge in [0.05, 0.1) is 12.2 Å². The first-order valence-electron chi connectivity index (χ1n) is 10.3. The zero-order valence-corrected chi connectivity index (χ0v) is 17.0. The lowest BCUT2D eigenvalue weighted by Crippen LogP contribution is -2.29. The monoisotopic (exact) mass is 348 g/mol. The lowest BCUT2D eigenvalue weighted by Gasteiger charge is -2.29. The van der Waals surface area contributed by atoms with Crippen LogP contribution in [0.3, 0.4) is 0 Å². The smallest absolute Gasteiger partial charge is 0.0716 e. The van der Waals surface area contributed by atoms with E-state index in [-0.39, 0.29) is 0 Å². The van der Waals surface area contributed by atoms with Crippen LogP contribution in [-0.4, -0.2) is 17.3 Å². The van der Waals surface area contributed by atoms with Crippen LogP contribution in [0.25, 0.3) is 0 Å². The van der Waals surface area contributed by atoms with E-state index in [1.165, 1.54) is 18.4 Å². The molecule has 0 aliphatic carbocycles. The normalized spacial score (nSPS) is 12.3. The van der Waals surface area contributed by atoms with E-state index in [4.69, 9.17) is 4.74 Å². The minimum absolute atomic E-state index is 0.500. The Kier molecular flexibility index (Phi) is 11.1. The van der Waals surface area contributed by atoms with E-state index in [1.54, 1.807) is 0 Å². The Morgan fingerprint density at radius 1 is 0.840 bits per heavy atom. The average molecular weight is 349 g/mol. The zero-order valence-electron chi connectivity index (χ0n) is 17.0. The fourth-order valence-electron chi connectivity index (χ4n) is 3.32. The second-order valence-corrected chi connectivity index (χ2v) is 8.44. The van der Waals surface area contributed by atoms with Gasteiger partial charge in [-0.25, -0.2) is 0 Å². The molecule has 0 fully saturated rings. The van der Waals surface area contributed by atoms with Crippen molar-refractivity contribution in [2.24, 2.45) is 11.8 Å². The van der Waals surface area contributed by atoms with Crippen LogP contribution in [0.15, 0.2) is 30.3 Å². The van der Waals surface area contributed by atoms with Crippen LogP contribution in [0.5, 0.6) is 0 Å². The van der Waals surface area contributed by atoms with Gasteiger partial charge >= 0.3 is 0 Å². The van der Waals surface area contributed by atoms with Gasteiger partial charge in [-0.3, -0.25) is 0 Å². The molecule has 1 rings (SSSR count). The lowest BCUT2D eigenvalue weighted by atomic mass is 9.85. The van der Waals surface area contributed by atoms with Crippen LogP contribution in [0.4, 0.5) is 0 Å². The fraction of sp³-hybridized carbons (Fsp3) is 0.739. The molecule has 0 amide bonds. The Balaban J connectivity index is 2.32. The van der Waals surface area contributed by atoms with Gasteiger partial charge in [-0.15, -0.1) is 0 Å². The highest BCUT2D eigenvalue weighted by molar-refractivity contribution is 5.13. The van der Waals surface area contributed by atoms with Crippen molar-refractivity contribution in [2.75, 3.05) is 6.61 Å². The van der Waals surface area contributed by atoms with E-state index in [2.05, 4.69) is 39.8 Å². The Bertz CT molecular complexity index is 411. The topological polar surface area (TPSA) is 29.5 Å². The number of ether oxygens (including phenoxy) is 1. The Labute approximate surface area is 156 Å². The number of rotatable bonds is 14. The minimum Gasteiger partial charge on any atom is -0.390 e. The van der Waals surface area contributed by atoms with Crippen molar-refractivity contribution >= 4 is 0 Å². The molecule has 0 saturated carbocycles. The zero-order chi connectivity index (χ0) is 18.5. The second kappa shape index (κ2) is 12.5. The summed E-state index contributed by atoms with van der Waals surface area (Å²) in [6, 6.07) is 10.3. The molecule has 25 heavy (non-hydrogen) atoms. The third-order valence-corrected chi connectivity index (χ3v) is 4.89. The molecule has 0 bridgehead atoms. The van der Waals surface area contributed by atoms with Gasteiger partial charge in [0, 0.05) is 6.61 Å². The third kappa shape index (κ3) is 11.4. The third-order valence-electron chi connectivity index (χ3n) is 4.89. The summed E-state index contributed by atoms with van der Waals surface area (Å²) in [6.07, 6.45) is 8.32. The highest BCUT2D eigenvalue weighted by atomic mass is 16.5. The van der Waals surface area contributed by atoms with Crippen molar-refractivity contribution in [3.63, 3.8) is 0 Å². The molecule has 2 nitrogen and oxygen atoms in total. The van der Waals surface area contributed by atoms with Gasteiger partial charge < -0.3 is 9.84 Å². The molecule has 0 aromatic heterocycles. The van der Waals surface area contributed by atoms with Crippen molar-refractivity contribution in [1.82, 2.24) is 0 Å². The summed E-state index contributed by atoms with van der Waals surface area (Å²) >= 11 is 0. The maximum Gasteiger partial charge on any atom is 0.0716 e. The molecule has 0 aliphatic heterocycles. The molecular formula is C23H40O2. The number of hydrogen-bond acceptors (Lipinski definition) is 2. The first kappa shape index (κ1) is 22.2. The van der Waals surface area contributed by atoms with Gasteiger partial charge in [-0.05, 0) is 43.1 Å². The highest BCUT2D eigenvalue weighted by Crippen LogP contribution is 2.28. The number of hydrogen-bond donors (Lipinski definition) is 1. The largest absolute Gasteiger partial charge is 0.390 e. The summed E-state index contributed by atoms with van der Waals surface area (Å²) in [6.45, 7) is 10.4. The van der Waals surface area contributed by atoms with E-state index in [0.717, 1.165) is 45.1 Å². The van der Waals surface area contributed by atoms with Crippen molar-refractivity contribution in [3.8, 4) is 0 Å². The summed E-state index contributed by atoms with van der Waals surface area (Å²) < 4.78 is 5.79. The maximum atomic E-state index is 11.1. The molecule has 1 N–H and O–H groups in total. The van der Waals surface area contributed by atoms with Gasteiger partial charge in [-0.1, -0.05) is 83.7 Å². The molecule has 0 aliphatic rings. The Morgan fingerprint density at radius 3 is 1.88 bits per heavy atom. The van der Waals surface area contributed by atoms with Gasteiger partial charge in [-0.2, -0.15) is 0 Å². The van der Waals surface area contributed by atoms with Crippen molar-refractivity contribution in [3.05, 3.63) is 35.9 Å². The molecule has 1 aromatic carbocycles. The molecule has 0 saturated heterocycles. The summed E-state index contributed by atoms with van der Waals surface area (Å²) in [5, 5.41) is 11.1. The standard InChI is InChI=1S/C23H40O2/c1-20(2)11-8-15-23(24,16-9-12-21(3)4)17-10-18-25-19-22-13-6-5-7-14-22/h5-7,13-14,20-21,24H,8-12,15-19H2,1-4H3. The molecular weight excluding hydrogens is 308 g/mol. The molecule has 0 spiro atoms. The van der Waals surface area contributed by atoms with Gasteiger partial charge in [0.15, 0.2) is 0 Å².